The zero-order chi connectivity index (χ0) is 10.6. The first-order chi connectivity index (χ1) is 5.74. The van der Waals surface area contributed by atoms with Crippen molar-refractivity contribution in [3.05, 3.63) is 0 Å². The molecule has 0 rings (SSSR count). The molecule has 0 spiro atoms. The maximum Gasteiger partial charge on any atom is 0.189 e. The molecule has 0 amide bonds. The zero-order valence-electron chi connectivity index (χ0n) is 6.74. The van der Waals surface area contributed by atoms with Gasteiger partial charge in [0.25, 0.3) is 0 Å². The monoisotopic (exact) mass is 212 g/mol. The van der Waals surface area contributed by atoms with Crippen LogP contribution < -0.4 is 9.79 Å². The molecule has 7 nitrogen and oxygen atoms in total. The second-order valence-electron chi connectivity index (χ2n) is 2.37. The maximum absolute atomic E-state index is 10.7. The molecule has 2 N–H and O–H groups in total. The molecule has 78 valence electrons. The molecule has 0 fully saturated rings. The van der Waals surface area contributed by atoms with E-state index in [-0.39, 0.29) is 0 Å². The second-order valence-corrected chi connectivity index (χ2v) is 3.53. The third-order valence-corrected chi connectivity index (χ3v) is 1.60. The Morgan fingerprint density at radius 3 is 2.31 bits per heavy atom. The molecule has 0 saturated carbocycles. The Labute approximate surface area is 74.2 Å². The highest BCUT2D eigenvalue weighted by Crippen LogP contribution is 2.24. The van der Waals surface area contributed by atoms with E-state index in [0.717, 1.165) is 6.92 Å². The van der Waals surface area contributed by atoms with E-state index in [1.165, 1.54) is 0 Å². The Morgan fingerprint density at radius 2 is 2.00 bits per heavy atom. The number of hydrogen-bond donors (Lipinski definition) is 2. The number of Topliss-reactive ketones (excluding diaryl/α,β-unsaturated/α-hetero) is 1. The van der Waals surface area contributed by atoms with E-state index >= 15 is 0 Å². The van der Waals surface area contributed by atoms with Gasteiger partial charge in [-0.05, 0) is 6.92 Å². The van der Waals surface area contributed by atoms with Crippen molar-refractivity contribution in [3.8, 4) is 0 Å². The fourth-order valence-corrected chi connectivity index (χ4v) is 0.782. The summed E-state index contributed by atoms with van der Waals surface area (Å²) in [4.78, 5) is 30.5. The van der Waals surface area contributed by atoms with Gasteiger partial charge in [0.1, 0.15) is 12.7 Å². The summed E-state index contributed by atoms with van der Waals surface area (Å²) in [6, 6.07) is 0. The van der Waals surface area contributed by atoms with Crippen LogP contribution in [-0.4, -0.2) is 34.8 Å². The number of phosphoric ester groups is 1. The molecule has 0 aliphatic heterocycles. The lowest BCUT2D eigenvalue weighted by Gasteiger charge is -2.28. The molecule has 0 bridgehead atoms. The van der Waals surface area contributed by atoms with Crippen molar-refractivity contribution >= 4 is 13.6 Å². The van der Waals surface area contributed by atoms with Crippen molar-refractivity contribution in [3.63, 3.8) is 0 Å². The molecule has 0 unspecified atom stereocenters. The lowest BCUT2D eigenvalue weighted by atomic mass is 10.1. The Hall–Kier alpha value is -0.300. The quantitative estimate of drug-likeness (QED) is 0.468. The summed E-state index contributed by atoms with van der Waals surface area (Å²) in [5.41, 5.74) is 0. The third kappa shape index (κ3) is 5.87. The van der Waals surface area contributed by atoms with Crippen LogP contribution in [0.5, 0.6) is 0 Å². The van der Waals surface area contributed by atoms with Crippen LogP contribution in [0.3, 0.4) is 0 Å². The Morgan fingerprint density at radius 1 is 1.54 bits per heavy atom. The number of rotatable bonds is 5. The van der Waals surface area contributed by atoms with Crippen LogP contribution in [0, 0.1) is 0 Å². The first-order valence-corrected chi connectivity index (χ1v) is 4.75. The largest absolute Gasteiger partial charge is 0.790 e. The average molecular weight is 212 g/mol. The lowest BCUT2D eigenvalue weighted by Crippen LogP contribution is -2.35. The van der Waals surface area contributed by atoms with Gasteiger partial charge >= 0.3 is 0 Å². The van der Waals surface area contributed by atoms with E-state index in [4.69, 9.17) is 10.2 Å². The fraction of sp³-hybridized carbons (Fsp3) is 0.800. The van der Waals surface area contributed by atoms with E-state index in [0.29, 0.717) is 0 Å². The molecular formula is C5H9O7P-2. The first kappa shape index (κ1) is 12.7. The summed E-state index contributed by atoms with van der Waals surface area (Å²) in [7, 11) is -5.20. The van der Waals surface area contributed by atoms with Crippen LogP contribution in [0.15, 0.2) is 0 Å². The van der Waals surface area contributed by atoms with E-state index in [2.05, 4.69) is 4.52 Å². The number of carbonyl (C=O) groups is 1. The number of aliphatic hydroxyl groups is 2. The van der Waals surface area contributed by atoms with E-state index < -0.39 is 32.4 Å². The van der Waals surface area contributed by atoms with Crippen molar-refractivity contribution in [1.82, 2.24) is 0 Å². The predicted molar refractivity (Wildman–Crippen MR) is 36.3 cm³/mol. The van der Waals surface area contributed by atoms with Gasteiger partial charge in [0.05, 0.1) is 13.9 Å². The summed E-state index contributed by atoms with van der Waals surface area (Å²) in [5.74, 6) is -1.07. The smallest absolute Gasteiger partial charge is 0.189 e. The zero-order valence-corrected chi connectivity index (χ0v) is 7.64. The van der Waals surface area contributed by atoms with Gasteiger partial charge in [-0.15, -0.1) is 0 Å². The molecule has 2 atom stereocenters. The summed E-state index contributed by atoms with van der Waals surface area (Å²) in [6.45, 7) is 0.0763. The van der Waals surface area contributed by atoms with Crippen molar-refractivity contribution in [2.75, 3.05) is 6.61 Å². The average Bonchev–Trinajstić information content (AvgIpc) is 1.97. The van der Waals surface area contributed by atoms with Crippen LogP contribution >= 0.6 is 7.82 Å². The van der Waals surface area contributed by atoms with Gasteiger partial charge in [0.2, 0.25) is 0 Å². The van der Waals surface area contributed by atoms with Crippen LogP contribution in [0.4, 0.5) is 0 Å². The molecule has 13 heavy (non-hydrogen) atoms. The fourth-order valence-electron chi connectivity index (χ4n) is 0.497. The second kappa shape index (κ2) is 4.80. The molecule has 0 saturated heterocycles. The number of phosphoric acid groups is 1. The SMILES string of the molecule is C[C@@H](O)[C@H](O)C(=O)COP(=O)([O-])[O-]. The van der Waals surface area contributed by atoms with Gasteiger partial charge in [-0.2, -0.15) is 0 Å². The van der Waals surface area contributed by atoms with Gasteiger partial charge in [-0.25, -0.2) is 0 Å². The molecule has 8 heteroatoms. The Balaban J connectivity index is 3.96. The van der Waals surface area contributed by atoms with Crippen molar-refractivity contribution in [2.24, 2.45) is 0 Å². The van der Waals surface area contributed by atoms with E-state index in [1.807, 2.05) is 0 Å². The molecule has 0 aromatic carbocycles. The topological polar surface area (TPSA) is 130 Å². The molecule has 0 heterocycles. The van der Waals surface area contributed by atoms with E-state index in [9.17, 15) is 19.1 Å². The van der Waals surface area contributed by atoms with Gasteiger partial charge in [0, 0.05) is 0 Å². The van der Waals surface area contributed by atoms with Gasteiger partial charge in [-0.3, -0.25) is 4.79 Å². The summed E-state index contributed by atoms with van der Waals surface area (Å²) >= 11 is 0. The minimum atomic E-state index is -5.20. The molecule has 0 aromatic heterocycles. The minimum Gasteiger partial charge on any atom is -0.790 e. The van der Waals surface area contributed by atoms with Gasteiger partial charge in [-0.1, -0.05) is 0 Å². The van der Waals surface area contributed by atoms with Crippen LogP contribution in [-0.2, 0) is 13.9 Å². The van der Waals surface area contributed by atoms with Crippen LogP contribution in [0.1, 0.15) is 6.92 Å². The standard InChI is InChI=1S/C5H11O7P/c1-3(6)5(8)4(7)2-12-13(9,10)11/h3,5-6,8H,2H2,1H3,(H2,9,10,11)/p-2/t3-,5+/m1/s1. The highest BCUT2D eigenvalue weighted by molar-refractivity contribution is 7.43. The third-order valence-electron chi connectivity index (χ3n) is 1.15. The maximum atomic E-state index is 10.7. The highest BCUT2D eigenvalue weighted by atomic mass is 31.2. The number of ketones is 1. The Bertz CT molecular complexity index is 219. The summed E-state index contributed by atoms with van der Waals surface area (Å²) < 4.78 is 13.5. The molecule has 0 radical (unpaired) electrons. The predicted octanol–water partition coefficient (Wildman–Crippen LogP) is -2.86. The van der Waals surface area contributed by atoms with Gasteiger partial charge < -0.3 is 29.1 Å². The number of carbonyl (C=O) groups excluding carboxylic acids is 1. The highest BCUT2D eigenvalue weighted by Gasteiger charge is 2.20. The molecule has 0 aromatic rings. The molecule has 0 aliphatic rings. The summed E-state index contributed by atoms with van der Waals surface area (Å²) in [5, 5.41) is 17.5. The van der Waals surface area contributed by atoms with Crippen molar-refractivity contribution < 1.29 is 33.9 Å². The van der Waals surface area contributed by atoms with Crippen molar-refractivity contribution in [2.45, 2.75) is 19.1 Å². The summed E-state index contributed by atoms with van der Waals surface area (Å²) in [6.07, 6.45) is -3.08. The van der Waals surface area contributed by atoms with E-state index in [1.54, 1.807) is 0 Å². The minimum absolute atomic E-state index is 1.06. The lowest BCUT2D eigenvalue weighted by molar-refractivity contribution is -0.341. The van der Waals surface area contributed by atoms with Crippen molar-refractivity contribution in [1.29, 1.82) is 0 Å². The normalized spacial score (nSPS) is 16.7. The van der Waals surface area contributed by atoms with Crippen LogP contribution in [0.2, 0.25) is 0 Å². The first-order valence-electron chi connectivity index (χ1n) is 3.29. The Kier molecular flexibility index (Phi) is 4.69. The van der Waals surface area contributed by atoms with Gasteiger partial charge in [0.15, 0.2) is 5.78 Å². The number of hydrogen-bond acceptors (Lipinski definition) is 7. The molecule has 0 aliphatic carbocycles. The van der Waals surface area contributed by atoms with Crippen LogP contribution in [0.25, 0.3) is 0 Å². The molecular weight excluding hydrogens is 203 g/mol. The number of aliphatic hydroxyl groups excluding tert-OH is 2.